The van der Waals surface area contributed by atoms with Crippen LogP contribution >= 0.6 is 0 Å². The van der Waals surface area contributed by atoms with Gasteiger partial charge in [-0.3, -0.25) is 9.97 Å². The van der Waals surface area contributed by atoms with Gasteiger partial charge in [-0.15, -0.1) is 0 Å². The van der Waals surface area contributed by atoms with Crippen LogP contribution in [0.3, 0.4) is 0 Å². The Hall–Kier alpha value is -1.00. The molecule has 1 N–H and O–H groups in total. The molecule has 1 aromatic heterocycles. The van der Waals surface area contributed by atoms with Gasteiger partial charge >= 0.3 is 0 Å². The van der Waals surface area contributed by atoms with E-state index in [0.717, 1.165) is 5.69 Å². The van der Waals surface area contributed by atoms with E-state index in [1.807, 2.05) is 6.92 Å². The third kappa shape index (κ3) is 1.76. The van der Waals surface area contributed by atoms with Crippen molar-refractivity contribution in [3.05, 3.63) is 24.3 Å². The van der Waals surface area contributed by atoms with Crippen molar-refractivity contribution in [1.82, 2.24) is 9.97 Å². The van der Waals surface area contributed by atoms with Gasteiger partial charge in [-0.1, -0.05) is 0 Å². The summed E-state index contributed by atoms with van der Waals surface area (Å²) in [5.41, 5.74) is 0.310. The number of rotatable bonds is 1. The third-order valence-corrected chi connectivity index (χ3v) is 2.60. The van der Waals surface area contributed by atoms with E-state index >= 15 is 0 Å². The second-order valence-electron chi connectivity index (χ2n) is 3.82. The third-order valence-electron chi connectivity index (χ3n) is 2.60. The Morgan fingerprint density at radius 1 is 1.57 bits per heavy atom. The van der Waals surface area contributed by atoms with Crippen molar-refractivity contribution in [2.24, 2.45) is 0 Å². The highest BCUT2D eigenvalue weighted by atomic mass is 16.5. The van der Waals surface area contributed by atoms with Crippen LogP contribution in [0.4, 0.5) is 0 Å². The predicted octanol–water partition coefficient (Wildman–Crippen LogP) is 0.863. The van der Waals surface area contributed by atoms with E-state index < -0.39 is 5.60 Å². The van der Waals surface area contributed by atoms with Crippen molar-refractivity contribution in [1.29, 1.82) is 0 Å². The second-order valence-corrected chi connectivity index (χ2v) is 3.82. The van der Waals surface area contributed by atoms with Gasteiger partial charge in [0.2, 0.25) is 0 Å². The fourth-order valence-electron chi connectivity index (χ4n) is 1.78. The van der Waals surface area contributed by atoms with E-state index in [0.29, 0.717) is 19.4 Å². The van der Waals surface area contributed by atoms with Crippen LogP contribution in [-0.2, 0) is 10.3 Å². The van der Waals surface area contributed by atoms with Crippen LogP contribution in [0.5, 0.6) is 0 Å². The van der Waals surface area contributed by atoms with Gasteiger partial charge in [0.05, 0.1) is 24.6 Å². The van der Waals surface area contributed by atoms with Crippen LogP contribution in [0.1, 0.15) is 25.5 Å². The summed E-state index contributed by atoms with van der Waals surface area (Å²) in [6, 6.07) is 0. The van der Waals surface area contributed by atoms with Gasteiger partial charge in [0.25, 0.3) is 0 Å². The molecule has 14 heavy (non-hydrogen) atoms. The second kappa shape index (κ2) is 3.63. The first kappa shape index (κ1) is 9.55. The number of aliphatic hydroxyl groups excluding tert-OH is 1. The molecule has 0 aliphatic carbocycles. The van der Waals surface area contributed by atoms with Crippen molar-refractivity contribution >= 4 is 0 Å². The van der Waals surface area contributed by atoms with Crippen LogP contribution < -0.4 is 0 Å². The van der Waals surface area contributed by atoms with Crippen LogP contribution in [-0.4, -0.2) is 27.8 Å². The zero-order valence-corrected chi connectivity index (χ0v) is 8.18. The first-order valence-corrected chi connectivity index (χ1v) is 4.79. The minimum absolute atomic E-state index is 0.296. The van der Waals surface area contributed by atoms with E-state index in [4.69, 9.17) is 4.74 Å². The molecular formula is C10H14N2O2. The highest BCUT2D eigenvalue weighted by Crippen LogP contribution is 2.32. The minimum atomic E-state index is -0.480. The molecule has 4 nitrogen and oxygen atoms in total. The normalized spacial score (nSPS) is 32.9. The zero-order valence-electron chi connectivity index (χ0n) is 8.18. The largest absolute Gasteiger partial charge is 0.393 e. The fraction of sp³-hybridized carbons (Fsp3) is 0.600. The van der Waals surface area contributed by atoms with Gasteiger partial charge in [0.15, 0.2) is 0 Å². The highest BCUT2D eigenvalue weighted by Gasteiger charge is 2.35. The molecule has 4 heteroatoms. The number of nitrogens with zero attached hydrogens (tertiary/aromatic N) is 2. The summed E-state index contributed by atoms with van der Waals surface area (Å²) in [7, 11) is 0. The standard InChI is InChI=1S/C10H14N2O2/c1-10(6-8(13)2-5-14-10)9-7-11-3-4-12-9/h3-4,7-8,13H,2,5-6H2,1H3. The average molecular weight is 194 g/mol. The van der Waals surface area contributed by atoms with Crippen LogP contribution in [0.25, 0.3) is 0 Å². The monoisotopic (exact) mass is 194 g/mol. The maximum Gasteiger partial charge on any atom is 0.111 e. The first-order chi connectivity index (χ1) is 6.71. The summed E-state index contributed by atoms with van der Waals surface area (Å²) >= 11 is 0. The number of ether oxygens (including phenoxy) is 1. The van der Waals surface area contributed by atoms with Gasteiger partial charge in [-0.2, -0.15) is 0 Å². The molecule has 0 radical (unpaired) electrons. The van der Waals surface area contributed by atoms with E-state index in [-0.39, 0.29) is 6.10 Å². The molecule has 0 aromatic carbocycles. The van der Waals surface area contributed by atoms with E-state index in [2.05, 4.69) is 9.97 Å². The van der Waals surface area contributed by atoms with Gasteiger partial charge in [-0.25, -0.2) is 0 Å². The number of aromatic nitrogens is 2. The number of aliphatic hydroxyl groups is 1. The molecule has 1 fully saturated rings. The first-order valence-electron chi connectivity index (χ1n) is 4.79. The number of hydrogen-bond donors (Lipinski definition) is 1. The topological polar surface area (TPSA) is 55.2 Å². The SMILES string of the molecule is CC1(c2cnccn2)CC(O)CCO1. The lowest BCUT2D eigenvalue weighted by Gasteiger charge is -2.35. The molecule has 0 spiro atoms. The number of hydrogen-bond acceptors (Lipinski definition) is 4. The predicted molar refractivity (Wildman–Crippen MR) is 50.6 cm³/mol. The molecule has 1 aliphatic rings. The maximum atomic E-state index is 9.58. The van der Waals surface area contributed by atoms with E-state index in [1.54, 1.807) is 18.6 Å². The Labute approximate surface area is 83.0 Å². The fourth-order valence-corrected chi connectivity index (χ4v) is 1.78. The Bertz CT molecular complexity index is 304. The van der Waals surface area contributed by atoms with Crippen molar-refractivity contribution in [2.45, 2.75) is 31.5 Å². The van der Waals surface area contributed by atoms with Gasteiger partial charge in [0, 0.05) is 18.8 Å². The summed E-state index contributed by atoms with van der Waals surface area (Å²) in [6.45, 7) is 2.52. The quantitative estimate of drug-likeness (QED) is 0.720. The summed E-state index contributed by atoms with van der Waals surface area (Å²) in [5.74, 6) is 0. The summed E-state index contributed by atoms with van der Waals surface area (Å²) < 4.78 is 5.66. The molecule has 2 unspecified atom stereocenters. The van der Waals surface area contributed by atoms with E-state index in [9.17, 15) is 5.11 Å². The van der Waals surface area contributed by atoms with Crippen molar-refractivity contribution in [2.75, 3.05) is 6.61 Å². The van der Waals surface area contributed by atoms with Crippen LogP contribution in [0, 0.1) is 0 Å². The lowest BCUT2D eigenvalue weighted by molar-refractivity contribution is -0.115. The molecule has 2 atom stereocenters. The molecule has 1 saturated heterocycles. The van der Waals surface area contributed by atoms with Crippen LogP contribution in [0.2, 0.25) is 0 Å². The molecule has 1 aromatic rings. The molecule has 0 bridgehead atoms. The molecule has 0 saturated carbocycles. The van der Waals surface area contributed by atoms with Gasteiger partial charge in [-0.05, 0) is 13.3 Å². The summed E-state index contributed by atoms with van der Waals surface area (Å²) in [6.07, 6.45) is 5.96. The molecule has 76 valence electrons. The highest BCUT2D eigenvalue weighted by molar-refractivity contribution is 5.08. The molecule has 1 aliphatic heterocycles. The lowest BCUT2D eigenvalue weighted by Crippen LogP contribution is -2.37. The maximum absolute atomic E-state index is 9.58. The van der Waals surface area contributed by atoms with Crippen LogP contribution in [0.15, 0.2) is 18.6 Å². The molecule has 0 amide bonds. The zero-order chi connectivity index (χ0) is 10.0. The smallest absolute Gasteiger partial charge is 0.111 e. The van der Waals surface area contributed by atoms with Crippen molar-refractivity contribution < 1.29 is 9.84 Å². The van der Waals surface area contributed by atoms with E-state index in [1.165, 1.54) is 0 Å². The summed E-state index contributed by atoms with van der Waals surface area (Å²) in [4.78, 5) is 8.22. The van der Waals surface area contributed by atoms with Crippen molar-refractivity contribution in [3.8, 4) is 0 Å². The van der Waals surface area contributed by atoms with Crippen molar-refractivity contribution in [3.63, 3.8) is 0 Å². The minimum Gasteiger partial charge on any atom is -0.393 e. The Balaban J connectivity index is 2.23. The Morgan fingerprint density at radius 3 is 3.07 bits per heavy atom. The Kier molecular flexibility index (Phi) is 2.48. The van der Waals surface area contributed by atoms with Gasteiger partial charge < -0.3 is 9.84 Å². The average Bonchev–Trinajstić information content (AvgIpc) is 2.19. The lowest BCUT2D eigenvalue weighted by atomic mass is 9.91. The Morgan fingerprint density at radius 2 is 2.43 bits per heavy atom. The summed E-state index contributed by atoms with van der Waals surface area (Å²) in [5, 5.41) is 9.58. The van der Waals surface area contributed by atoms with Gasteiger partial charge in [0.1, 0.15) is 5.60 Å². The molecule has 2 rings (SSSR count). The molecule has 2 heterocycles. The molecular weight excluding hydrogens is 180 g/mol.